The number of fused-ring (bicyclic) bond motifs is 3. The van der Waals surface area contributed by atoms with Gasteiger partial charge in [0.25, 0.3) is 5.91 Å². The fraction of sp³-hybridized carbons (Fsp3) is 0.500. The highest BCUT2D eigenvalue weighted by Crippen LogP contribution is 2.48. The normalized spacial score (nSPS) is 23.1. The first-order valence-electron chi connectivity index (χ1n) is 10.5. The van der Waals surface area contributed by atoms with Gasteiger partial charge in [0.15, 0.2) is 5.69 Å². The molecule has 1 amide bonds. The minimum atomic E-state index is -4.50. The third-order valence-electron chi connectivity index (χ3n) is 6.66. The third kappa shape index (κ3) is 3.65. The molecule has 1 N–H and O–H groups in total. The summed E-state index contributed by atoms with van der Waals surface area (Å²) in [6.45, 7) is 0. The molecule has 0 aromatic carbocycles. The summed E-state index contributed by atoms with van der Waals surface area (Å²) in [6, 6.07) is 0. The number of aromatic nitrogens is 1. The van der Waals surface area contributed by atoms with Crippen molar-refractivity contribution in [1.29, 1.82) is 0 Å². The van der Waals surface area contributed by atoms with Gasteiger partial charge in [-0.3, -0.25) is 9.59 Å². The van der Waals surface area contributed by atoms with Gasteiger partial charge in [0.2, 0.25) is 0 Å². The maximum Gasteiger partial charge on any atom is 0.434 e. The second kappa shape index (κ2) is 7.85. The van der Waals surface area contributed by atoms with Crippen molar-refractivity contribution in [3.05, 3.63) is 32.7 Å². The molecule has 0 unspecified atom stereocenters. The Morgan fingerprint density at radius 1 is 1.13 bits per heavy atom. The van der Waals surface area contributed by atoms with Gasteiger partial charge in [0.1, 0.15) is 16.3 Å². The highest BCUT2D eigenvalue weighted by Gasteiger charge is 2.39. The second-order valence-electron chi connectivity index (χ2n) is 8.44. The number of hydrogen-bond donors (Lipinski definition) is 1. The van der Waals surface area contributed by atoms with E-state index in [0.29, 0.717) is 21.7 Å². The van der Waals surface area contributed by atoms with Crippen LogP contribution in [0.15, 0.2) is 16.5 Å². The number of anilines is 1. The molecule has 4 nitrogen and oxygen atoms in total. The Labute approximate surface area is 185 Å². The van der Waals surface area contributed by atoms with Crippen molar-refractivity contribution in [1.82, 2.24) is 4.98 Å². The molecule has 0 aliphatic heterocycles. The van der Waals surface area contributed by atoms with Crippen molar-refractivity contribution in [3.63, 3.8) is 0 Å². The van der Waals surface area contributed by atoms with Gasteiger partial charge in [-0.05, 0) is 68.8 Å². The van der Waals surface area contributed by atoms with Crippen LogP contribution in [0.25, 0.3) is 10.6 Å². The van der Waals surface area contributed by atoms with Crippen LogP contribution in [0.2, 0.25) is 0 Å². The predicted molar refractivity (Wildman–Crippen MR) is 114 cm³/mol. The van der Waals surface area contributed by atoms with Crippen LogP contribution in [-0.2, 0) is 28.6 Å². The molecule has 4 aliphatic carbocycles. The molecule has 6 rings (SSSR count). The highest BCUT2D eigenvalue weighted by atomic mass is 32.1. The average molecular weight is 467 g/mol. The van der Waals surface area contributed by atoms with Crippen molar-refractivity contribution >= 4 is 39.9 Å². The quantitative estimate of drug-likeness (QED) is 0.561. The maximum absolute atomic E-state index is 13.3. The molecule has 2 aromatic rings. The monoisotopic (exact) mass is 466 g/mol. The number of nitrogens with zero attached hydrogens (tertiary/aromatic N) is 1. The Kier molecular flexibility index (Phi) is 5.29. The summed E-state index contributed by atoms with van der Waals surface area (Å²) in [5, 5.41) is 4.85. The van der Waals surface area contributed by atoms with E-state index < -0.39 is 11.9 Å². The second-order valence-corrected chi connectivity index (χ2v) is 10.4. The first kappa shape index (κ1) is 20.9. The van der Waals surface area contributed by atoms with Gasteiger partial charge < -0.3 is 5.32 Å². The van der Waals surface area contributed by atoms with Crippen LogP contribution in [-0.4, -0.2) is 17.2 Å². The zero-order valence-corrected chi connectivity index (χ0v) is 18.3. The Hall–Kier alpha value is -2.00. The van der Waals surface area contributed by atoms with Crippen LogP contribution in [0.5, 0.6) is 0 Å². The number of carbonyl (C=O) groups excluding carboxylic acids is 2. The van der Waals surface area contributed by atoms with Crippen LogP contribution in [0.3, 0.4) is 0 Å². The van der Waals surface area contributed by atoms with Gasteiger partial charge in [-0.25, -0.2) is 4.98 Å². The fourth-order valence-corrected chi connectivity index (χ4v) is 7.45. The number of carbonyl (C=O) groups is 2. The number of alkyl halides is 3. The summed E-state index contributed by atoms with van der Waals surface area (Å²) >= 11 is 2.39. The topological polar surface area (TPSA) is 59.1 Å². The van der Waals surface area contributed by atoms with Crippen LogP contribution in [0.1, 0.15) is 54.7 Å². The summed E-state index contributed by atoms with van der Waals surface area (Å²) in [5.74, 6) is -0.0588. The highest BCUT2D eigenvalue weighted by molar-refractivity contribution is 7.18. The fourth-order valence-electron chi connectivity index (χ4n) is 5.19. The van der Waals surface area contributed by atoms with Gasteiger partial charge in [0, 0.05) is 27.0 Å². The molecule has 31 heavy (non-hydrogen) atoms. The molecule has 0 radical (unpaired) electrons. The molecule has 4 aliphatic rings. The maximum atomic E-state index is 13.3. The van der Waals surface area contributed by atoms with Gasteiger partial charge in [-0.2, -0.15) is 13.2 Å². The summed E-state index contributed by atoms with van der Waals surface area (Å²) in [5.41, 5.74) is 1.91. The van der Waals surface area contributed by atoms with Crippen molar-refractivity contribution in [3.8, 4) is 10.6 Å². The molecule has 2 bridgehead atoms. The molecule has 2 aromatic heterocycles. The number of hydrogen-bond acceptors (Lipinski definition) is 5. The van der Waals surface area contributed by atoms with Gasteiger partial charge in [0.05, 0.1) is 0 Å². The number of rotatable bonds is 4. The molecule has 164 valence electrons. The van der Waals surface area contributed by atoms with Crippen molar-refractivity contribution in [2.75, 3.05) is 5.32 Å². The van der Waals surface area contributed by atoms with E-state index in [-0.39, 0.29) is 22.8 Å². The average Bonchev–Trinajstić information content (AvgIpc) is 3.38. The van der Waals surface area contributed by atoms with Crippen molar-refractivity contribution in [2.45, 2.75) is 57.5 Å². The predicted octanol–water partition coefficient (Wildman–Crippen LogP) is 6.02. The van der Waals surface area contributed by atoms with E-state index >= 15 is 0 Å². The molecular formula is C22H21F3N2O2S2. The van der Waals surface area contributed by atoms with Crippen LogP contribution in [0.4, 0.5) is 18.2 Å². The van der Waals surface area contributed by atoms with Gasteiger partial charge >= 0.3 is 6.18 Å². The Bertz CT molecular complexity index is 1080. The van der Waals surface area contributed by atoms with Crippen LogP contribution < -0.4 is 5.32 Å². The molecule has 1 saturated carbocycles. The molecule has 9 heteroatoms. The number of amides is 1. The van der Waals surface area contributed by atoms with Gasteiger partial charge in [-0.1, -0.05) is 0 Å². The van der Waals surface area contributed by atoms with E-state index in [4.69, 9.17) is 0 Å². The largest absolute Gasteiger partial charge is 0.434 e. The van der Waals surface area contributed by atoms with E-state index in [1.807, 2.05) is 0 Å². The Balaban J connectivity index is 1.54. The zero-order valence-electron chi connectivity index (χ0n) is 16.7. The summed E-state index contributed by atoms with van der Waals surface area (Å²) in [4.78, 5) is 29.9. The molecule has 0 atom stereocenters. The zero-order chi connectivity index (χ0) is 21.8. The number of nitrogens with one attached hydrogen (secondary N) is 1. The lowest BCUT2D eigenvalue weighted by Crippen LogP contribution is -2.33. The van der Waals surface area contributed by atoms with Crippen molar-refractivity contribution in [2.24, 2.45) is 11.8 Å². The summed E-state index contributed by atoms with van der Waals surface area (Å²) in [7, 11) is 0. The number of allylic oxidation sites excluding steroid dienone is 1. The molecule has 1 fully saturated rings. The Morgan fingerprint density at radius 2 is 1.84 bits per heavy atom. The van der Waals surface area contributed by atoms with E-state index in [1.54, 1.807) is 0 Å². The number of thiazole rings is 1. The first-order chi connectivity index (χ1) is 14.9. The minimum absolute atomic E-state index is 0.0833. The lowest BCUT2D eigenvalue weighted by atomic mass is 9.67. The van der Waals surface area contributed by atoms with E-state index in [9.17, 15) is 22.8 Å². The Morgan fingerprint density at radius 3 is 2.52 bits per heavy atom. The van der Waals surface area contributed by atoms with Crippen LogP contribution in [0, 0.1) is 11.8 Å². The molecule has 0 spiro atoms. The SMILES string of the molecule is O=CC1=C(C(=O)Nc2sc3c(c2-c2nc(C(F)(F)F)cs2)CCCC3)C2CCC1CC2. The summed E-state index contributed by atoms with van der Waals surface area (Å²) < 4.78 is 39.4. The van der Waals surface area contributed by atoms with Gasteiger partial charge in [-0.15, -0.1) is 22.7 Å². The van der Waals surface area contributed by atoms with Crippen LogP contribution >= 0.6 is 22.7 Å². The smallest absolute Gasteiger partial charge is 0.313 e. The molecule has 0 saturated heterocycles. The van der Waals surface area contributed by atoms with Crippen molar-refractivity contribution < 1.29 is 22.8 Å². The standard InChI is InChI=1S/C22H21F3N2O2S2/c23-22(24,25)16-10-30-20(26-16)18-13-3-1-2-4-15(13)31-21(18)27-19(29)17-12-7-5-11(6-8-12)14(17)9-28/h9-12H,1-8H2,(H,27,29). The molecular weight excluding hydrogens is 445 g/mol. The first-order valence-corrected chi connectivity index (χ1v) is 12.2. The van der Waals surface area contributed by atoms with E-state index in [2.05, 4.69) is 10.3 Å². The number of halogens is 3. The summed E-state index contributed by atoms with van der Waals surface area (Å²) in [6.07, 6.45) is 3.61. The molecule has 2 heterocycles. The van der Waals surface area contributed by atoms with E-state index in [0.717, 1.165) is 84.8 Å². The number of thiophene rings is 1. The minimum Gasteiger partial charge on any atom is -0.313 e. The third-order valence-corrected chi connectivity index (χ3v) is 8.73. The lowest BCUT2D eigenvalue weighted by Gasteiger charge is -2.37. The number of aryl methyl sites for hydroxylation is 1. The number of aldehydes is 1. The van der Waals surface area contributed by atoms with E-state index in [1.165, 1.54) is 11.3 Å². The lowest BCUT2D eigenvalue weighted by molar-refractivity contribution is -0.140.